The van der Waals surface area contributed by atoms with E-state index in [1.165, 1.54) is 17.5 Å². The van der Waals surface area contributed by atoms with Crippen LogP contribution >= 0.6 is 0 Å². The minimum absolute atomic E-state index is 0.117. The van der Waals surface area contributed by atoms with Crippen molar-refractivity contribution in [1.82, 2.24) is 9.80 Å². The predicted molar refractivity (Wildman–Crippen MR) is 102 cm³/mol. The van der Waals surface area contributed by atoms with Crippen LogP contribution in [0.1, 0.15) is 34.3 Å². The van der Waals surface area contributed by atoms with Gasteiger partial charge in [0.1, 0.15) is 5.75 Å². The summed E-state index contributed by atoms with van der Waals surface area (Å²) in [6.45, 7) is 3.75. The Kier molecular flexibility index (Phi) is 4.93. The first-order valence-electron chi connectivity index (χ1n) is 9.49. The van der Waals surface area contributed by atoms with Crippen molar-refractivity contribution in [3.8, 4) is 5.75 Å². The van der Waals surface area contributed by atoms with Gasteiger partial charge in [0.15, 0.2) is 0 Å². The predicted octanol–water partition coefficient (Wildman–Crippen LogP) is 3.36. The Hall–Kier alpha value is -2.33. The second-order valence-electron chi connectivity index (χ2n) is 7.27. The van der Waals surface area contributed by atoms with Crippen LogP contribution in [0, 0.1) is 0 Å². The highest BCUT2D eigenvalue weighted by Gasteiger charge is 2.30. The summed E-state index contributed by atoms with van der Waals surface area (Å²) < 4.78 is 5.26. The Morgan fingerprint density at radius 2 is 1.92 bits per heavy atom. The highest BCUT2D eigenvalue weighted by atomic mass is 16.5. The number of likely N-dealkylation sites (tertiary alicyclic amines) is 1. The van der Waals surface area contributed by atoms with Gasteiger partial charge in [-0.1, -0.05) is 30.3 Å². The fourth-order valence-corrected chi connectivity index (χ4v) is 4.21. The molecule has 4 heteroatoms. The molecule has 2 heterocycles. The number of carbonyl (C=O) groups is 1. The monoisotopic (exact) mass is 350 g/mol. The molecular formula is C22H26N2O2. The lowest BCUT2D eigenvalue weighted by Crippen LogP contribution is -2.51. The zero-order chi connectivity index (χ0) is 17.9. The van der Waals surface area contributed by atoms with Crippen LogP contribution in [0.3, 0.4) is 0 Å². The van der Waals surface area contributed by atoms with Crippen LogP contribution in [-0.4, -0.2) is 48.5 Å². The molecule has 0 unspecified atom stereocenters. The first kappa shape index (κ1) is 17.1. The number of ether oxygens (including phenoxy) is 1. The average molecular weight is 350 g/mol. The van der Waals surface area contributed by atoms with Gasteiger partial charge < -0.3 is 9.64 Å². The van der Waals surface area contributed by atoms with Gasteiger partial charge in [-0.2, -0.15) is 0 Å². The fraction of sp³-hybridized carbons (Fsp3) is 0.409. The third-order valence-corrected chi connectivity index (χ3v) is 5.68. The Balaban J connectivity index is 1.45. The maximum atomic E-state index is 12.9. The smallest absolute Gasteiger partial charge is 0.254 e. The van der Waals surface area contributed by atoms with Gasteiger partial charge in [0, 0.05) is 37.8 Å². The van der Waals surface area contributed by atoms with E-state index in [0.717, 1.165) is 44.8 Å². The van der Waals surface area contributed by atoms with Gasteiger partial charge in [-0.25, -0.2) is 0 Å². The molecule has 0 bridgehead atoms. The van der Waals surface area contributed by atoms with Crippen molar-refractivity contribution in [3.63, 3.8) is 0 Å². The Morgan fingerprint density at radius 3 is 2.77 bits per heavy atom. The van der Waals surface area contributed by atoms with Crippen LogP contribution in [0.2, 0.25) is 0 Å². The molecule has 1 amide bonds. The summed E-state index contributed by atoms with van der Waals surface area (Å²) in [7, 11) is 1.63. The number of fused-ring (bicyclic) bond motifs is 1. The van der Waals surface area contributed by atoms with Crippen molar-refractivity contribution >= 4 is 5.91 Å². The lowest BCUT2D eigenvalue weighted by atomic mass is 9.95. The zero-order valence-electron chi connectivity index (χ0n) is 15.4. The van der Waals surface area contributed by atoms with E-state index in [0.29, 0.717) is 11.6 Å². The molecule has 2 aliphatic heterocycles. The van der Waals surface area contributed by atoms with Crippen LogP contribution in [-0.2, 0) is 13.0 Å². The number of carbonyl (C=O) groups excluding carboxylic acids is 1. The molecule has 0 saturated carbocycles. The van der Waals surface area contributed by atoms with E-state index in [1.807, 2.05) is 29.2 Å². The van der Waals surface area contributed by atoms with E-state index < -0.39 is 0 Å². The molecule has 2 aliphatic rings. The normalized spacial score (nSPS) is 20.5. The topological polar surface area (TPSA) is 32.8 Å². The molecule has 1 saturated heterocycles. The number of amides is 1. The molecular weight excluding hydrogens is 324 g/mol. The number of methoxy groups -OCH3 is 1. The molecule has 1 atom stereocenters. The second kappa shape index (κ2) is 7.50. The maximum absolute atomic E-state index is 12.9. The van der Waals surface area contributed by atoms with Gasteiger partial charge in [-0.3, -0.25) is 9.69 Å². The van der Waals surface area contributed by atoms with Crippen molar-refractivity contribution in [3.05, 3.63) is 65.2 Å². The maximum Gasteiger partial charge on any atom is 0.254 e. The number of nitrogens with zero attached hydrogens (tertiary/aromatic N) is 2. The summed E-state index contributed by atoms with van der Waals surface area (Å²) in [4.78, 5) is 17.5. The number of hydrogen-bond donors (Lipinski definition) is 0. The number of piperidine rings is 1. The summed E-state index contributed by atoms with van der Waals surface area (Å²) in [5.41, 5.74) is 3.63. The van der Waals surface area contributed by atoms with Crippen LogP contribution in [0.5, 0.6) is 5.75 Å². The Morgan fingerprint density at radius 1 is 1.08 bits per heavy atom. The molecule has 2 aromatic rings. The van der Waals surface area contributed by atoms with Crippen molar-refractivity contribution in [1.29, 1.82) is 0 Å². The summed E-state index contributed by atoms with van der Waals surface area (Å²) in [6, 6.07) is 16.7. The van der Waals surface area contributed by atoms with Crippen LogP contribution in [0.15, 0.2) is 48.5 Å². The van der Waals surface area contributed by atoms with E-state index in [1.54, 1.807) is 7.11 Å². The molecule has 4 rings (SSSR count). The summed E-state index contributed by atoms with van der Waals surface area (Å²) in [5, 5.41) is 0. The van der Waals surface area contributed by atoms with Gasteiger partial charge in [-0.15, -0.1) is 0 Å². The summed E-state index contributed by atoms with van der Waals surface area (Å²) in [5.74, 6) is 0.850. The Labute approximate surface area is 155 Å². The molecule has 2 aromatic carbocycles. The van der Waals surface area contributed by atoms with Gasteiger partial charge in [0.05, 0.1) is 7.11 Å². The second-order valence-corrected chi connectivity index (χ2v) is 7.27. The van der Waals surface area contributed by atoms with Crippen LogP contribution in [0.25, 0.3) is 0 Å². The van der Waals surface area contributed by atoms with Crippen LogP contribution in [0.4, 0.5) is 0 Å². The zero-order valence-corrected chi connectivity index (χ0v) is 15.4. The van der Waals surface area contributed by atoms with Crippen molar-refractivity contribution in [2.75, 3.05) is 26.7 Å². The molecule has 0 radical (unpaired) electrons. The SMILES string of the molecule is COc1cccc(C(=O)N2CCC[C@@H](N3CCc4ccccc4C3)C2)c1. The highest BCUT2D eigenvalue weighted by Crippen LogP contribution is 2.25. The first-order valence-corrected chi connectivity index (χ1v) is 9.49. The first-order chi connectivity index (χ1) is 12.7. The molecule has 136 valence electrons. The molecule has 1 fully saturated rings. The minimum Gasteiger partial charge on any atom is -0.497 e. The Bertz CT molecular complexity index is 789. The van der Waals surface area contributed by atoms with Gasteiger partial charge in [-0.05, 0) is 48.6 Å². The molecule has 0 aliphatic carbocycles. The van der Waals surface area contributed by atoms with E-state index in [-0.39, 0.29) is 5.91 Å². The van der Waals surface area contributed by atoms with E-state index in [4.69, 9.17) is 4.74 Å². The number of benzene rings is 2. The standard InChI is InChI=1S/C22H26N2O2/c1-26-21-10-4-8-18(14-21)22(25)24-12-5-9-20(16-24)23-13-11-17-6-2-3-7-19(17)15-23/h2-4,6-8,10,14,20H,5,9,11-13,15-16H2,1H3/t20-/m1/s1. The van der Waals surface area contributed by atoms with E-state index in [9.17, 15) is 4.79 Å². The van der Waals surface area contributed by atoms with Crippen molar-refractivity contribution in [2.45, 2.75) is 31.8 Å². The lowest BCUT2D eigenvalue weighted by molar-refractivity contribution is 0.0549. The van der Waals surface area contributed by atoms with E-state index >= 15 is 0 Å². The van der Waals surface area contributed by atoms with Gasteiger partial charge in [0.2, 0.25) is 0 Å². The fourth-order valence-electron chi connectivity index (χ4n) is 4.21. The molecule has 0 spiro atoms. The molecule has 26 heavy (non-hydrogen) atoms. The third-order valence-electron chi connectivity index (χ3n) is 5.68. The average Bonchev–Trinajstić information content (AvgIpc) is 2.73. The van der Waals surface area contributed by atoms with Gasteiger partial charge in [0.25, 0.3) is 5.91 Å². The van der Waals surface area contributed by atoms with Gasteiger partial charge >= 0.3 is 0 Å². The number of hydrogen-bond acceptors (Lipinski definition) is 3. The van der Waals surface area contributed by atoms with Crippen molar-refractivity contribution in [2.24, 2.45) is 0 Å². The number of rotatable bonds is 3. The molecule has 0 aromatic heterocycles. The summed E-state index contributed by atoms with van der Waals surface area (Å²) >= 11 is 0. The largest absolute Gasteiger partial charge is 0.497 e. The van der Waals surface area contributed by atoms with Crippen molar-refractivity contribution < 1.29 is 9.53 Å². The third kappa shape index (κ3) is 3.47. The van der Waals surface area contributed by atoms with E-state index in [2.05, 4.69) is 29.2 Å². The van der Waals surface area contributed by atoms with Crippen LogP contribution < -0.4 is 4.74 Å². The minimum atomic E-state index is 0.117. The quantitative estimate of drug-likeness (QED) is 0.851. The molecule has 0 N–H and O–H groups in total. The molecule has 4 nitrogen and oxygen atoms in total. The highest BCUT2D eigenvalue weighted by molar-refractivity contribution is 5.94. The lowest BCUT2D eigenvalue weighted by Gasteiger charge is -2.41. The summed E-state index contributed by atoms with van der Waals surface area (Å²) in [6.07, 6.45) is 3.35.